The van der Waals surface area contributed by atoms with E-state index in [9.17, 15) is 0 Å². The van der Waals surface area contributed by atoms with E-state index >= 15 is 0 Å². The Morgan fingerprint density at radius 3 is 2.08 bits per heavy atom. The summed E-state index contributed by atoms with van der Waals surface area (Å²) in [6, 6.07) is 0. The zero-order valence-corrected chi connectivity index (χ0v) is 12.2. The van der Waals surface area contributed by atoms with Gasteiger partial charge in [0.1, 0.15) is 0 Å². The van der Waals surface area contributed by atoms with Gasteiger partial charge in [-0.1, -0.05) is 0 Å². The fourth-order valence-electron chi connectivity index (χ4n) is 0.576. The SMILES string of the molecule is CC(C)OP(=S)([O][Mo])SC(C)C. The Kier molecular flexibility index (Phi) is 6.99. The van der Waals surface area contributed by atoms with Crippen molar-refractivity contribution in [3.05, 3.63) is 0 Å². The quantitative estimate of drug-likeness (QED) is 0.573. The van der Waals surface area contributed by atoms with E-state index in [1.54, 1.807) is 31.6 Å². The van der Waals surface area contributed by atoms with Crippen LogP contribution in [-0.4, -0.2) is 11.4 Å². The molecule has 0 radical (unpaired) electrons. The fourth-order valence-corrected chi connectivity index (χ4v) is 7.15. The van der Waals surface area contributed by atoms with E-state index in [2.05, 4.69) is 13.8 Å². The molecule has 0 aliphatic carbocycles. The third kappa shape index (κ3) is 6.12. The summed E-state index contributed by atoms with van der Waals surface area (Å²) < 4.78 is 10.8. The summed E-state index contributed by atoms with van der Waals surface area (Å²) in [7, 11) is 0. The molecule has 0 amide bonds. The van der Waals surface area contributed by atoms with Crippen LogP contribution in [0.4, 0.5) is 0 Å². The molecule has 0 fully saturated rings. The van der Waals surface area contributed by atoms with Gasteiger partial charge in [0.15, 0.2) is 0 Å². The molecule has 1 atom stereocenters. The Morgan fingerprint density at radius 2 is 1.83 bits per heavy atom. The molecule has 0 bridgehead atoms. The summed E-state index contributed by atoms with van der Waals surface area (Å²) >= 11 is 8.46. The predicted molar refractivity (Wildman–Crippen MR) is 54.3 cm³/mol. The molecule has 0 spiro atoms. The van der Waals surface area contributed by atoms with Crippen LogP contribution in [-0.2, 0) is 39.7 Å². The molecule has 0 aromatic heterocycles. The monoisotopic (exact) mass is 311 g/mol. The van der Waals surface area contributed by atoms with Crippen LogP contribution >= 0.6 is 17.1 Å². The summed E-state index contributed by atoms with van der Waals surface area (Å²) in [6.07, 6.45) is 0.142. The van der Waals surface area contributed by atoms with Gasteiger partial charge in [0.25, 0.3) is 0 Å². The van der Waals surface area contributed by atoms with Crippen LogP contribution in [0.25, 0.3) is 0 Å². The van der Waals surface area contributed by atoms with E-state index < -0.39 is 5.69 Å². The summed E-state index contributed by atoms with van der Waals surface area (Å²) in [6.45, 7) is 8.13. The van der Waals surface area contributed by atoms with Gasteiger partial charge < -0.3 is 0 Å². The van der Waals surface area contributed by atoms with Crippen molar-refractivity contribution in [2.75, 3.05) is 0 Å². The first-order chi connectivity index (χ1) is 5.39. The Morgan fingerprint density at radius 1 is 1.33 bits per heavy atom. The van der Waals surface area contributed by atoms with Crippen LogP contribution in [0, 0.1) is 0 Å². The van der Waals surface area contributed by atoms with E-state index in [-0.39, 0.29) is 6.10 Å². The molecule has 0 aromatic rings. The molecule has 6 heteroatoms. The summed E-state index contributed by atoms with van der Waals surface area (Å²) in [5, 5.41) is 0.455. The van der Waals surface area contributed by atoms with E-state index in [1.807, 2.05) is 13.8 Å². The minimum absolute atomic E-state index is 0.142. The van der Waals surface area contributed by atoms with E-state index in [4.69, 9.17) is 19.5 Å². The molecule has 0 aliphatic rings. The molecule has 0 aromatic carbocycles. The fraction of sp³-hybridized carbons (Fsp3) is 1.00. The van der Waals surface area contributed by atoms with E-state index in [0.29, 0.717) is 5.25 Å². The zero-order chi connectivity index (χ0) is 9.78. The molecule has 0 saturated heterocycles. The summed E-state index contributed by atoms with van der Waals surface area (Å²) in [5.74, 6) is 0. The normalized spacial score (nSPS) is 16.8. The summed E-state index contributed by atoms with van der Waals surface area (Å²) in [4.78, 5) is 0. The van der Waals surface area contributed by atoms with Crippen LogP contribution in [0.3, 0.4) is 0 Å². The molecule has 12 heavy (non-hydrogen) atoms. The molecular weight excluding hydrogens is 295 g/mol. The Labute approximate surface area is 95.4 Å². The van der Waals surface area contributed by atoms with Crippen LogP contribution < -0.4 is 0 Å². The number of hydrogen-bond donors (Lipinski definition) is 0. The van der Waals surface area contributed by atoms with Gasteiger partial charge in [-0.2, -0.15) is 0 Å². The molecule has 73 valence electrons. The van der Waals surface area contributed by atoms with Crippen LogP contribution in [0.1, 0.15) is 27.7 Å². The molecular formula is C6H14MoO2PS2. The Hall–Kier alpha value is 1.61. The van der Waals surface area contributed by atoms with Crippen molar-refractivity contribution in [2.45, 2.75) is 39.0 Å². The average Bonchev–Trinajstić information content (AvgIpc) is 1.83. The Bertz CT molecular complexity index is 161. The van der Waals surface area contributed by atoms with Crippen molar-refractivity contribution < 1.29 is 27.9 Å². The van der Waals surface area contributed by atoms with Crippen LogP contribution in [0.15, 0.2) is 0 Å². The van der Waals surface area contributed by atoms with Crippen molar-refractivity contribution in [2.24, 2.45) is 0 Å². The van der Waals surface area contributed by atoms with Crippen molar-refractivity contribution in [1.82, 2.24) is 0 Å². The van der Waals surface area contributed by atoms with Crippen molar-refractivity contribution in [1.29, 1.82) is 0 Å². The van der Waals surface area contributed by atoms with Gasteiger partial charge in [-0.25, -0.2) is 0 Å². The van der Waals surface area contributed by atoms with Crippen LogP contribution in [0.5, 0.6) is 0 Å². The molecule has 0 aliphatic heterocycles. The molecule has 2 nitrogen and oxygen atoms in total. The predicted octanol–water partition coefficient (Wildman–Crippen LogP) is 3.26. The molecule has 0 saturated carbocycles. The number of hydrogen-bond acceptors (Lipinski definition) is 4. The van der Waals surface area contributed by atoms with Crippen LogP contribution in [0.2, 0.25) is 0 Å². The first-order valence-electron chi connectivity index (χ1n) is 3.68. The van der Waals surface area contributed by atoms with Crippen molar-refractivity contribution in [3.63, 3.8) is 0 Å². The van der Waals surface area contributed by atoms with Crippen molar-refractivity contribution in [3.8, 4) is 0 Å². The second kappa shape index (κ2) is 6.16. The summed E-state index contributed by atoms with van der Waals surface area (Å²) in [5.41, 5.74) is -2.06. The van der Waals surface area contributed by atoms with Gasteiger partial charge in [-0.3, -0.25) is 0 Å². The first kappa shape index (κ1) is 13.6. The second-order valence-electron chi connectivity index (χ2n) is 2.83. The topological polar surface area (TPSA) is 18.5 Å². The average molecular weight is 309 g/mol. The van der Waals surface area contributed by atoms with Gasteiger partial charge >= 0.3 is 95.8 Å². The number of rotatable bonds is 5. The van der Waals surface area contributed by atoms with Crippen molar-refractivity contribution >= 4 is 28.9 Å². The Balaban J connectivity index is 4.15. The standard InChI is InChI=1S/C6H15O2PS2.Mo/c1-5(2)8-9(7,10)11-6(3)4;/h5-6H,1-4H3,(H,7,10);/q;+1/p-1. The van der Waals surface area contributed by atoms with Gasteiger partial charge in [-0.05, 0) is 0 Å². The molecule has 0 heterocycles. The third-order valence-electron chi connectivity index (χ3n) is 0.771. The van der Waals surface area contributed by atoms with E-state index in [0.717, 1.165) is 0 Å². The third-order valence-corrected chi connectivity index (χ3v) is 9.15. The maximum absolute atomic E-state index is 5.57. The molecule has 0 rings (SSSR count). The maximum atomic E-state index is 5.57. The van der Waals surface area contributed by atoms with Gasteiger partial charge in [-0.15, -0.1) is 0 Å². The minimum atomic E-state index is -2.06. The molecule has 1 unspecified atom stereocenters. The van der Waals surface area contributed by atoms with E-state index in [1.165, 1.54) is 0 Å². The van der Waals surface area contributed by atoms with Gasteiger partial charge in [0.05, 0.1) is 0 Å². The van der Waals surface area contributed by atoms with Gasteiger partial charge in [0, 0.05) is 0 Å². The first-order valence-corrected chi connectivity index (χ1v) is 8.62. The van der Waals surface area contributed by atoms with Gasteiger partial charge in [0.2, 0.25) is 0 Å². The molecule has 0 N–H and O–H groups in total. The zero-order valence-electron chi connectivity index (χ0n) is 7.64. The second-order valence-corrected chi connectivity index (χ2v) is 10.5.